The topological polar surface area (TPSA) is 67.0 Å². The molecular formula is C19H19N3O2. The molecule has 0 fully saturated rings. The molecule has 24 heavy (non-hydrogen) atoms. The second-order valence-electron chi connectivity index (χ2n) is 5.60. The number of nitrogens with one attached hydrogen (secondary N) is 2. The van der Waals surface area contributed by atoms with Crippen LogP contribution in [0.25, 0.3) is 11.3 Å². The van der Waals surface area contributed by atoms with Crippen molar-refractivity contribution in [3.8, 4) is 17.0 Å². The minimum atomic E-state index is -0.195. The van der Waals surface area contributed by atoms with E-state index in [0.717, 1.165) is 28.2 Å². The van der Waals surface area contributed by atoms with Crippen LogP contribution in [0.5, 0.6) is 5.75 Å². The number of ether oxygens (including phenoxy) is 1. The van der Waals surface area contributed by atoms with Crippen LogP contribution in [0.4, 0.5) is 5.69 Å². The van der Waals surface area contributed by atoms with Gasteiger partial charge in [-0.15, -0.1) is 0 Å². The molecule has 3 rings (SSSR count). The monoisotopic (exact) mass is 321 g/mol. The van der Waals surface area contributed by atoms with Gasteiger partial charge in [-0.3, -0.25) is 4.79 Å². The molecule has 3 aromatic rings. The van der Waals surface area contributed by atoms with Gasteiger partial charge in [0.25, 0.3) is 5.91 Å². The van der Waals surface area contributed by atoms with E-state index in [4.69, 9.17) is 4.74 Å². The van der Waals surface area contributed by atoms with Crippen LogP contribution >= 0.6 is 0 Å². The van der Waals surface area contributed by atoms with Gasteiger partial charge in [-0.25, -0.2) is 4.98 Å². The number of imidazole rings is 1. The molecule has 0 aliphatic heterocycles. The van der Waals surface area contributed by atoms with Gasteiger partial charge in [-0.1, -0.05) is 29.8 Å². The molecule has 0 aliphatic rings. The second-order valence-corrected chi connectivity index (χ2v) is 5.60. The Labute approximate surface area is 140 Å². The van der Waals surface area contributed by atoms with E-state index < -0.39 is 0 Å². The number of aromatic nitrogens is 2. The average Bonchev–Trinajstić information content (AvgIpc) is 3.01. The third-order valence-electron chi connectivity index (χ3n) is 3.66. The maximum atomic E-state index is 12.0. The smallest absolute Gasteiger partial charge is 0.262 e. The zero-order chi connectivity index (χ0) is 16.9. The van der Waals surface area contributed by atoms with Gasteiger partial charge in [0.1, 0.15) is 5.75 Å². The van der Waals surface area contributed by atoms with Gasteiger partial charge >= 0.3 is 0 Å². The van der Waals surface area contributed by atoms with Crippen LogP contribution < -0.4 is 10.1 Å². The quantitative estimate of drug-likeness (QED) is 0.753. The van der Waals surface area contributed by atoms with E-state index >= 15 is 0 Å². The van der Waals surface area contributed by atoms with E-state index in [-0.39, 0.29) is 12.5 Å². The van der Waals surface area contributed by atoms with Crippen molar-refractivity contribution >= 4 is 11.6 Å². The van der Waals surface area contributed by atoms with E-state index in [1.54, 1.807) is 6.33 Å². The highest BCUT2D eigenvalue weighted by Gasteiger charge is 2.06. The lowest BCUT2D eigenvalue weighted by Crippen LogP contribution is -2.20. The van der Waals surface area contributed by atoms with Crippen molar-refractivity contribution in [3.05, 3.63) is 66.1 Å². The van der Waals surface area contributed by atoms with Gasteiger partial charge in [-0.2, -0.15) is 0 Å². The predicted octanol–water partition coefficient (Wildman–Crippen LogP) is 3.71. The number of hydrogen-bond donors (Lipinski definition) is 2. The molecule has 0 saturated heterocycles. The summed E-state index contributed by atoms with van der Waals surface area (Å²) in [6.07, 6.45) is 1.67. The summed E-state index contributed by atoms with van der Waals surface area (Å²) in [5.41, 5.74) is 4.81. The molecular weight excluding hydrogens is 302 g/mol. The molecule has 2 aromatic carbocycles. The van der Waals surface area contributed by atoms with Crippen LogP contribution in [-0.4, -0.2) is 22.5 Å². The first kappa shape index (κ1) is 15.8. The molecule has 0 atom stereocenters. The van der Waals surface area contributed by atoms with Gasteiger partial charge in [0.05, 0.1) is 12.0 Å². The van der Waals surface area contributed by atoms with Gasteiger partial charge in [0.2, 0.25) is 0 Å². The minimum Gasteiger partial charge on any atom is -0.484 e. The van der Waals surface area contributed by atoms with Crippen LogP contribution in [-0.2, 0) is 4.79 Å². The molecule has 5 heteroatoms. The summed E-state index contributed by atoms with van der Waals surface area (Å²) in [6.45, 7) is 3.95. The van der Waals surface area contributed by atoms with Crippen molar-refractivity contribution in [1.29, 1.82) is 0 Å². The maximum absolute atomic E-state index is 12.0. The Balaban J connectivity index is 1.56. The number of anilines is 1. The Kier molecular flexibility index (Phi) is 4.61. The minimum absolute atomic E-state index is 0.0245. The first-order chi connectivity index (χ1) is 11.6. The van der Waals surface area contributed by atoms with Crippen LogP contribution in [0.1, 0.15) is 11.3 Å². The third kappa shape index (κ3) is 3.81. The van der Waals surface area contributed by atoms with E-state index in [1.807, 2.05) is 62.4 Å². The Morgan fingerprint density at radius 2 is 1.79 bits per heavy atom. The first-order valence-corrected chi connectivity index (χ1v) is 7.71. The largest absolute Gasteiger partial charge is 0.484 e. The van der Waals surface area contributed by atoms with Crippen molar-refractivity contribution in [1.82, 2.24) is 9.97 Å². The van der Waals surface area contributed by atoms with Crippen LogP contribution in [0.2, 0.25) is 0 Å². The van der Waals surface area contributed by atoms with E-state index in [1.165, 1.54) is 0 Å². The number of hydrogen-bond acceptors (Lipinski definition) is 3. The van der Waals surface area contributed by atoms with Gasteiger partial charge in [0, 0.05) is 16.9 Å². The SMILES string of the molecule is Cc1ccc(OCC(=O)Nc2ccc(-c3nc[nH]c3C)cc2)cc1. The third-order valence-corrected chi connectivity index (χ3v) is 3.66. The summed E-state index contributed by atoms with van der Waals surface area (Å²) in [7, 11) is 0. The number of aromatic amines is 1. The normalized spacial score (nSPS) is 10.4. The van der Waals surface area contributed by atoms with E-state index in [2.05, 4.69) is 15.3 Å². The van der Waals surface area contributed by atoms with Gasteiger partial charge in [-0.05, 0) is 38.1 Å². The van der Waals surface area contributed by atoms with Gasteiger partial charge < -0.3 is 15.0 Å². The molecule has 0 unspecified atom stereocenters. The van der Waals surface area contributed by atoms with Crippen LogP contribution in [0.3, 0.4) is 0 Å². The molecule has 122 valence electrons. The van der Waals surface area contributed by atoms with E-state index in [0.29, 0.717) is 5.75 Å². The molecule has 2 N–H and O–H groups in total. The highest BCUT2D eigenvalue weighted by atomic mass is 16.5. The molecule has 5 nitrogen and oxygen atoms in total. The second kappa shape index (κ2) is 7.00. The molecule has 0 bridgehead atoms. The summed E-state index contributed by atoms with van der Waals surface area (Å²) < 4.78 is 5.47. The fraction of sp³-hybridized carbons (Fsp3) is 0.158. The highest BCUT2D eigenvalue weighted by Crippen LogP contribution is 2.21. The van der Waals surface area contributed by atoms with Crippen molar-refractivity contribution in [3.63, 3.8) is 0 Å². The molecule has 1 amide bonds. The Morgan fingerprint density at radius 1 is 1.08 bits per heavy atom. The fourth-order valence-electron chi connectivity index (χ4n) is 2.34. The van der Waals surface area contributed by atoms with Crippen molar-refractivity contribution < 1.29 is 9.53 Å². The Bertz CT molecular complexity index is 821. The van der Waals surface area contributed by atoms with E-state index in [9.17, 15) is 4.79 Å². The molecule has 0 saturated carbocycles. The number of carbonyl (C=O) groups is 1. The molecule has 0 aliphatic carbocycles. The number of rotatable bonds is 5. The number of nitrogens with zero attached hydrogens (tertiary/aromatic N) is 1. The zero-order valence-electron chi connectivity index (χ0n) is 13.7. The number of aryl methyl sites for hydroxylation is 2. The fourth-order valence-corrected chi connectivity index (χ4v) is 2.34. The number of carbonyl (C=O) groups excluding carboxylic acids is 1. The molecule has 1 aromatic heterocycles. The molecule has 0 radical (unpaired) electrons. The van der Waals surface area contributed by atoms with Crippen molar-refractivity contribution in [2.24, 2.45) is 0 Å². The first-order valence-electron chi connectivity index (χ1n) is 7.71. The lowest BCUT2D eigenvalue weighted by atomic mass is 10.1. The maximum Gasteiger partial charge on any atom is 0.262 e. The lowest BCUT2D eigenvalue weighted by molar-refractivity contribution is -0.118. The van der Waals surface area contributed by atoms with Crippen molar-refractivity contribution in [2.45, 2.75) is 13.8 Å². The Hall–Kier alpha value is -3.08. The van der Waals surface area contributed by atoms with Crippen LogP contribution in [0, 0.1) is 13.8 Å². The summed E-state index contributed by atoms with van der Waals surface area (Å²) in [5, 5.41) is 2.82. The predicted molar refractivity (Wildman–Crippen MR) is 94.1 cm³/mol. The summed E-state index contributed by atoms with van der Waals surface area (Å²) >= 11 is 0. The molecule has 1 heterocycles. The summed E-state index contributed by atoms with van der Waals surface area (Å²) in [4.78, 5) is 19.3. The number of benzene rings is 2. The number of amides is 1. The summed E-state index contributed by atoms with van der Waals surface area (Å²) in [5.74, 6) is 0.486. The van der Waals surface area contributed by atoms with Crippen molar-refractivity contribution in [2.75, 3.05) is 11.9 Å². The zero-order valence-corrected chi connectivity index (χ0v) is 13.7. The lowest BCUT2D eigenvalue weighted by Gasteiger charge is -2.08. The summed E-state index contributed by atoms with van der Waals surface area (Å²) in [6, 6.07) is 15.2. The highest BCUT2D eigenvalue weighted by molar-refractivity contribution is 5.92. The average molecular weight is 321 g/mol. The molecule has 0 spiro atoms. The van der Waals surface area contributed by atoms with Crippen LogP contribution in [0.15, 0.2) is 54.9 Å². The standard InChI is InChI=1S/C19H19N3O2/c1-13-3-9-17(10-4-13)24-11-18(23)22-16-7-5-15(6-8-16)19-14(2)20-12-21-19/h3-10,12H,11H2,1-2H3,(H,20,21)(H,22,23). The number of H-pyrrole nitrogens is 1. The van der Waals surface area contributed by atoms with Gasteiger partial charge in [0.15, 0.2) is 6.61 Å². The Morgan fingerprint density at radius 3 is 2.42 bits per heavy atom.